The smallest absolute Gasteiger partial charge is 0.213 e. The van der Waals surface area contributed by atoms with Gasteiger partial charge in [-0.1, -0.05) is 18.2 Å². The van der Waals surface area contributed by atoms with E-state index in [4.69, 9.17) is 4.74 Å². The van der Waals surface area contributed by atoms with E-state index in [1.165, 1.54) is 0 Å². The van der Waals surface area contributed by atoms with Gasteiger partial charge in [-0.2, -0.15) is 0 Å². The molecule has 0 bridgehead atoms. The standard InChI is InChI=1S/C19H32N4O3S/c1-5-27(24,25)23-12-10-17(11-13-23)22-19(20-4)21-14-16(3)26-18-9-7-6-8-15(18)2/h6-9,16-17H,5,10-14H2,1-4H3,(H2,20,21,22). The Hall–Kier alpha value is -1.80. The molecule has 1 unspecified atom stereocenters. The second-order valence-electron chi connectivity index (χ2n) is 6.87. The van der Waals surface area contributed by atoms with Crippen molar-refractivity contribution >= 4 is 16.0 Å². The highest BCUT2D eigenvalue weighted by molar-refractivity contribution is 7.89. The van der Waals surface area contributed by atoms with E-state index in [2.05, 4.69) is 15.6 Å². The lowest BCUT2D eigenvalue weighted by Crippen LogP contribution is -2.51. The second kappa shape index (κ2) is 9.94. The number of aryl methyl sites for hydroxylation is 1. The Labute approximate surface area is 163 Å². The Balaban J connectivity index is 1.77. The summed E-state index contributed by atoms with van der Waals surface area (Å²) in [7, 11) is -1.36. The number of aliphatic imine (C=N–C) groups is 1. The van der Waals surface area contributed by atoms with Gasteiger partial charge < -0.3 is 15.4 Å². The summed E-state index contributed by atoms with van der Waals surface area (Å²) in [5, 5.41) is 6.68. The van der Waals surface area contributed by atoms with Gasteiger partial charge in [-0.3, -0.25) is 4.99 Å². The summed E-state index contributed by atoms with van der Waals surface area (Å²) in [6, 6.07) is 8.17. The van der Waals surface area contributed by atoms with Crippen LogP contribution >= 0.6 is 0 Å². The Kier molecular flexibility index (Phi) is 7.91. The van der Waals surface area contributed by atoms with Crippen molar-refractivity contribution in [2.45, 2.75) is 45.8 Å². The molecule has 1 saturated heterocycles. The number of nitrogens with one attached hydrogen (secondary N) is 2. The molecule has 0 aliphatic carbocycles. The van der Waals surface area contributed by atoms with E-state index in [1.807, 2.05) is 38.1 Å². The van der Waals surface area contributed by atoms with Crippen LogP contribution in [0.15, 0.2) is 29.3 Å². The molecule has 0 aromatic heterocycles. The number of hydrogen-bond donors (Lipinski definition) is 2. The van der Waals surface area contributed by atoms with Crippen molar-refractivity contribution < 1.29 is 13.2 Å². The van der Waals surface area contributed by atoms with Crippen LogP contribution < -0.4 is 15.4 Å². The summed E-state index contributed by atoms with van der Waals surface area (Å²) < 4.78 is 31.5. The highest BCUT2D eigenvalue weighted by Crippen LogP contribution is 2.17. The van der Waals surface area contributed by atoms with Crippen molar-refractivity contribution in [2.75, 3.05) is 32.4 Å². The summed E-state index contributed by atoms with van der Waals surface area (Å²) in [6.07, 6.45) is 1.53. The minimum Gasteiger partial charge on any atom is -0.489 e. The second-order valence-corrected chi connectivity index (χ2v) is 9.12. The van der Waals surface area contributed by atoms with Gasteiger partial charge in [-0.15, -0.1) is 0 Å². The van der Waals surface area contributed by atoms with Crippen LogP contribution in [0.25, 0.3) is 0 Å². The fourth-order valence-corrected chi connectivity index (χ4v) is 4.17. The fraction of sp³-hybridized carbons (Fsp3) is 0.632. The van der Waals surface area contributed by atoms with Crippen molar-refractivity contribution in [3.63, 3.8) is 0 Å². The van der Waals surface area contributed by atoms with Gasteiger partial charge in [0.1, 0.15) is 11.9 Å². The first-order valence-electron chi connectivity index (χ1n) is 9.53. The van der Waals surface area contributed by atoms with Crippen molar-refractivity contribution in [2.24, 2.45) is 4.99 Å². The molecule has 27 heavy (non-hydrogen) atoms. The molecule has 1 aromatic rings. The summed E-state index contributed by atoms with van der Waals surface area (Å²) in [6.45, 7) is 7.46. The SMILES string of the molecule is CCS(=O)(=O)N1CCC(NC(=NC)NCC(C)Oc2ccccc2C)CC1. The number of benzene rings is 1. The number of rotatable bonds is 7. The molecule has 7 nitrogen and oxygen atoms in total. The Bertz CT molecular complexity index is 728. The molecule has 1 aromatic carbocycles. The minimum atomic E-state index is -3.09. The summed E-state index contributed by atoms with van der Waals surface area (Å²) in [4.78, 5) is 4.27. The van der Waals surface area contributed by atoms with E-state index in [1.54, 1.807) is 18.3 Å². The van der Waals surface area contributed by atoms with Crippen LogP contribution in [-0.4, -0.2) is 63.3 Å². The number of guanidine groups is 1. The van der Waals surface area contributed by atoms with Gasteiger partial charge in [-0.25, -0.2) is 12.7 Å². The first-order chi connectivity index (χ1) is 12.9. The zero-order valence-corrected chi connectivity index (χ0v) is 17.6. The predicted molar refractivity (Wildman–Crippen MR) is 110 cm³/mol. The Morgan fingerprint density at radius 2 is 2.00 bits per heavy atom. The molecule has 8 heteroatoms. The maximum atomic E-state index is 11.9. The van der Waals surface area contributed by atoms with E-state index >= 15 is 0 Å². The lowest BCUT2D eigenvalue weighted by atomic mass is 10.1. The van der Waals surface area contributed by atoms with Crippen molar-refractivity contribution in [3.05, 3.63) is 29.8 Å². The van der Waals surface area contributed by atoms with Gasteiger partial charge in [-0.05, 0) is 45.2 Å². The Morgan fingerprint density at radius 3 is 2.59 bits per heavy atom. The van der Waals surface area contributed by atoms with Crippen LogP contribution in [0, 0.1) is 6.92 Å². The predicted octanol–water partition coefficient (Wildman–Crippen LogP) is 1.74. The van der Waals surface area contributed by atoms with Crippen LogP contribution in [-0.2, 0) is 10.0 Å². The van der Waals surface area contributed by atoms with Gasteiger partial charge in [0.05, 0.1) is 12.3 Å². The highest BCUT2D eigenvalue weighted by atomic mass is 32.2. The third-order valence-electron chi connectivity index (χ3n) is 4.76. The van der Waals surface area contributed by atoms with E-state index in [0.29, 0.717) is 25.6 Å². The average Bonchev–Trinajstić information content (AvgIpc) is 2.67. The van der Waals surface area contributed by atoms with E-state index in [-0.39, 0.29) is 17.9 Å². The van der Waals surface area contributed by atoms with Crippen LogP contribution in [0.3, 0.4) is 0 Å². The maximum Gasteiger partial charge on any atom is 0.213 e. The molecule has 0 spiro atoms. The van der Waals surface area contributed by atoms with Crippen LogP contribution in [0.1, 0.15) is 32.3 Å². The number of sulfonamides is 1. The number of hydrogen-bond acceptors (Lipinski definition) is 4. The van der Waals surface area contributed by atoms with E-state index < -0.39 is 10.0 Å². The lowest BCUT2D eigenvalue weighted by Gasteiger charge is -2.32. The number of piperidine rings is 1. The molecule has 0 radical (unpaired) electrons. The third-order valence-corrected chi connectivity index (χ3v) is 6.64. The van der Waals surface area contributed by atoms with Crippen LogP contribution in [0.5, 0.6) is 5.75 Å². The van der Waals surface area contributed by atoms with Gasteiger partial charge in [0.15, 0.2) is 5.96 Å². The van der Waals surface area contributed by atoms with E-state index in [0.717, 1.165) is 24.2 Å². The maximum absolute atomic E-state index is 11.9. The van der Waals surface area contributed by atoms with Gasteiger partial charge in [0.2, 0.25) is 10.0 Å². The van der Waals surface area contributed by atoms with Crippen LogP contribution in [0.4, 0.5) is 0 Å². The van der Waals surface area contributed by atoms with Gasteiger partial charge in [0.25, 0.3) is 0 Å². The Morgan fingerprint density at radius 1 is 1.33 bits per heavy atom. The molecule has 0 amide bonds. The van der Waals surface area contributed by atoms with E-state index in [9.17, 15) is 8.42 Å². The topological polar surface area (TPSA) is 83.0 Å². The monoisotopic (exact) mass is 396 g/mol. The molecular formula is C19H32N4O3S. The molecular weight excluding hydrogens is 364 g/mol. The summed E-state index contributed by atoms with van der Waals surface area (Å²) in [5.41, 5.74) is 1.11. The molecule has 1 fully saturated rings. The largest absolute Gasteiger partial charge is 0.489 e. The average molecular weight is 397 g/mol. The molecule has 0 saturated carbocycles. The first kappa shape index (κ1) is 21.5. The first-order valence-corrected chi connectivity index (χ1v) is 11.1. The lowest BCUT2D eigenvalue weighted by molar-refractivity contribution is 0.222. The van der Waals surface area contributed by atoms with Crippen molar-refractivity contribution in [1.29, 1.82) is 0 Å². The molecule has 1 atom stereocenters. The minimum absolute atomic E-state index is 0.0128. The molecule has 2 rings (SSSR count). The highest BCUT2D eigenvalue weighted by Gasteiger charge is 2.27. The molecule has 1 aliphatic heterocycles. The normalized spacial score (nSPS) is 18.1. The summed E-state index contributed by atoms with van der Waals surface area (Å²) in [5.74, 6) is 1.76. The zero-order chi connectivity index (χ0) is 19.9. The number of ether oxygens (including phenoxy) is 1. The van der Waals surface area contributed by atoms with Gasteiger partial charge in [0, 0.05) is 26.2 Å². The zero-order valence-electron chi connectivity index (χ0n) is 16.7. The summed E-state index contributed by atoms with van der Waals surface area (Å²) >= 11 is 0. The molecule has 1 aliphatic rings. The molecule has 1 heterocycles. The fourth-order valence-electron chi connectivity index (χ4n) is 3.04. The number of para-hydroxylation sites is 1. The van der Waals surface area contributed by atoms with Crippen molar-refractivity contribution in [3.8, 4) is 5.75 Å². The quantitative estimate of drug-likeness (QED) is 0.542. The van der Waals surface area contributed by atoms with Crippen molar-refractivity contribution in [1.82, 2.24) is 14.9 Å². The van der Waals surface area contributed by atoms with Gasteiger partial charge >= 0.3 is 0 Å². The molecule has 152 valence electrons. The third kappa shape index (κ3) is 6.39. The number of nitrogens with zero attached hydrogens (tertiary/aromatic N) is 2. The van der Waals surface area contributed by atoms with Crippen LogP contribution in [0.2, 0.25) is 0 Å². The molecule has 2 N–H and O–H groups in total.